The molecule has 6 nitrogen and oxygen atoms in total. The summed E-state index contributed by atoms with van der Waals surface area (Å²) in [5.41, 5.74) is 0.403. The average Bonchev–Trinajstić information content (AvgIpc) is 2.71. The van der Waals surface area contributed by atoms with E-state index in [0.717, 1.165) is 11.0 Å². The molecular formula is C14H10BrFN2O4. The van der Waals surface area contributed by atoms with Crippen molar-refractivity contribution in [3.63, 3.8) is 0 Å². The Labute approximate surface area is 132 Å². The van der Waals surface area contributed by atoms with Crippen LogP contribution in [0.15, 0.2) is 12.1 Å². The molecule has 1 saturated heterocycles. The number of nitrogens with zero attached hydrogens (tertiary/aromatic N) is 1. The van der Waals surface area contributed by atoms with E-state index >= 15 is 0 Å². The van der Waals surface area contributed by atoms with Gasteiger partial charge in [-0.05, 0) is 24.1 Å². The van der Waals surface area contributed by atoms with Gasteiger partial charge in [-0.25, -0.2) is 4.39 Å². The first kappa shape index (κ1) is 14.8. The molecule has 8 heteroatoms. The van der Waals surface area contributed by atoms with Crippen molar-refractivity contribution >= 4 is 39.6 Å². The van der Waals surface area contributed by atoms with Crippen molar-refractivity contribution in [2.45, 2.75) is 24.2 Å². The number of piperidine rings is 1. The normalized spacial score (nSPS) is 21.2. The minimum atomic E-state index is -1.05. The summed E-state index contributed by atoms with van der Waals surface area (Å²) >= 11 is 3.16. The SMILES string of the molecule is O=C1CCC(N2C(=O)c3cc(F)cc(CBr)c3C2=O)C(=O)N1. The van der Waals surface area contributed by atoms with E-state index in [1.54, 1.807) is 0 Å². The van der Waals surface area contributed by atoms with Gasteiger partial charge in [-0.15, -0.1) is 0 Å². The third-order valence-electron chi connectivity index (χ3n) is 3.73. The summed E-state index contributed by atoms with van der Waals surface area (Å²) in [7, 11) is 0. The number of imide groups is 2. The van der Waals surface area contributed by atoms with E-state index in [1.807, 2.05) is 0 Å². The average molecular weight is 369 g/mol. The van der Waals surface area contributed by atoms with Crippen molar-refractivity contribution < 1.29 is 23.6 Å². The Morgan fingerprint density at radius 1 is 1.23 bits per heavy atom. The number of fused-ring (bicyclic) bond motifs is 1. The van der Waals surface area contributed by atoms with Crippen LogP contribution in [0.5, 0.6) is 0 Å². The fourth-order valence-electron chi connectivity index (χ4n) is 2.74. The third kappa shape index (κ3) is 2.14. The Morgan fingerprint density at radius 2 is 1.95 bits per heavy atom. The van der Waals surface area contributed by atoms with Crippen molar-refractivity contribution in [1.82, 2.24) is 10.2 Å². The van der Waals surface area contributed by atoms with Crippen LogP contribution in [0, 0.1) is 5.82 Å². The zero-order valence-corrected chi connectivity index (χ0v) is 12.8. The molecule has 0 radical (unpaired) electrons. The maximum Gasteiger partial charge on any atom is 0.262 e. The maximum atomic E-state index is 13.6. The first-order chi connectivity index (χ1) is 10.4. The third-order valence-corrected chi connectivity index (χ3v) is 4.34. The van der Waals surface area contributed by atoms with Gasteiger partial charge < -0.3 is 0 Å². The highest BCUT2D eigenvalue weighted by atomic mass is 79.9. The van der Waals surface area contributed by atoms with Crippen LogP contribution in [0.4, 0.5) is 4.39 Å². The maximum absolute atomic E-state index is 13.6. The van der Waals surface area contributed by atoms with E-state index < -0.39 is 35.5 Å². The summed E-state index contributed by atoms with van der Waals surface area (Å²) < 4.78 is 13.6. The molecule has 1 atom stereocenters. The molecule has 4 amide bonds. The van der Waals surface area contributed by atoms with Crippen molar-refractivity contribution in [1.29, 1.82) is 0 Å². The smallest absolute Gasteiger partial charge is 0.262 e. The summed E-state index contributed by atoms with van der Waals surface area (Å²) in [6.45, 7) is 0. The Hall–Kier alpha value is -2.09. The molecule has 0 aliphatic carbocycles. The van der Waals surface area contributed by atoms with Gasteiger partial charge in [-0.3, -0.25) is 29.4 Å². The van der Waals surface area contributed by atoms with Crippen molar-refractivity contribution in [2.75, 3.05) is 0 Å². The summed E-state index contributed by atoms with van der Waals surface area (Å²) in [5.74, 6) is -3.10. The van der Waals surface area contributed by atoms with Gasteiger partial charge in [0, 0.05) is 11.8 Å². The zero-order chi connectivity index (χ0) is 16.0. The fraction of sp³-hybridized carbons (Fsp3) is 0.286. The summed E-state index contributed by atoms with van der Waals surface area (Å²) in [4.78, 5) is 48.8. The Kier molecular flexibility index (Phi) is 3.56. The molecule has 1 aromatic rings. The molecule has 22 heavy (non-hydrogen) atoms. The van der Waals surface area contributed by atoms with Crippen molar-refractivity contribution in [3.8, 4) is 0 Å². The van der Waals surface area contributed by atoms with E-state index in [2.05, 4.69) is 21.2 Å². The lowest BCUT2D eigenvalue weighted by Crippen LogP contribution is -2.54. The van der Waals surface area contributed by atoms with E-state index in [-0.39, 0.29) is 29.3 Å². The molecule has 2 aliphatic rings. The predicted octanol–water partition coefficient (Wildman–Crippen LogP) is 1.12. The largest absolute Gasteiger partial charge is 0.295 e. The van der Waals surface area contributed by atoms with E-state index in [9.17, 15) is 23.6 Å². The summed E-state index contributed by atoms with van der Waals surface area (Å²) in [6.07, 6.45) is 0.117. The monoisotopic (exact) mass is 368 g/mol. The standard InChI is InChI=1S/C14H10BrFN2O4/c15-5-6-3-7(16)4-8-11(6)14(22)18(13(8)21)9-1-2-10(19)17-12(9)20/h3-4,9H,1-2,5H2,(H,17,19,20). The lowest BCUT2D eigenvalue weighted by molar-refractivity contribution is -0.136. The molecule has 1 unspecified atom stereocenters. The van der Waals surface area contributed by atoms with Crippen LogP contribution in [0.25, 0.3) is 0 Å². The van der Waals surface area contributed by atoms with E-state index in [0.29, 0.717) is 5.56 Å². The number of hydrogen-bond acceptors (Lipinski definition) is 4. The van der Waals surface area contributed by atoms with Gasteiger partial charge in [0.1, 0.15) is 11.9 Å². The number of nitrogens with one attached hydrogen (secondary N) is 1. The van der Waals surface area contributed by atoms with Gasteiger partial charge in [-0.1, -0.05) is 15.9 Å². The van der Waals surface area contributed by atoms with Crippen LogP contribution < -0.4 is 5.32 Å². The number of carbonyl (C=O) groups excluding carboxylic acids is 4. The van der Waals surface area contributed by atoms with Crippen molar-refractivity contribution in [2.24, 2.45) is 0 Å². The molecule has 2 heterocycles. The van der Waals surface area contributed by atoms with Crippen LogP contribution in [0.3, 0.4) is 0 Å². The molecule has 3 rings (SSSR count). The lowest BCUT2D eigenvalue weighted by Gasteiger charge is -2.27. The number of alkyl halides is 1. The Balaban J connectivity index is 2.04. The van der Waals surface area contributed by atoms with Crippen LogP contribution >= 0.6 is 15.9 Å². The molecule has 0 saturated carbocycles. The predicted molar refractivity (Wildman–Crippen MR) is 75.7 cm³/mol. The minimum Gasteiger partial charge on any atom is -0.295 e. The van der Waals surface area contributed by atoms with Gasteiger partial charge >= 0.3 is 0 Å². The molecule has 0 aromatic heterocycles. The summed E-state index contributed by atoms with van der Waals surface area (Å²) in [6, 6.07) is 1.12. The second-order valence-corrected chi connectivity index (χ2v) is 5.63. The molecular weight excluding hydrogens is 359 g/mol. The molecule has 2 aliphatic heterocycles. The molecule has 114 valence electrons. The van der Waals surface area contributed by atoms with E-state index in [4.69, 9.17) is 0 Å². The zero-order valence-electron chi connectivity index (χ0n) is 11.2. The van der Waals surface area contributed by atoms with Gasteiger partial charge in [-0.2, -0.15) is 0 Å². The first-order valence-electron chi connectivity index (χ1n) is 6.54. The lowest BCUT2D eigenvalue weighted by atomic mass is 10.0. The van der Waals surface area contributed by atoms with Crippen molar-refractivity contribution in [3.05, 3.63) is 34.6 Å². The Morgan fingerprint density at radius 3 is 2.59 bits per heavy atom. The topological polar surface area (TPSA) is 83.6 Å². The number of benzene rings is 1. The highest BCUT2D eigenvalue weighted by molar-refractivity contribution is 9.08. The number of halogens is 2. The second kappa shape index (κ2) is 5.28. The highest BCUT2D eigenvalue weighted by Gasteiger charge is 2.45. The van der Waals surface area contributed by atoms with Crippen LogP contribution in [-0.4, -0.2) is 34.6 Å². The molecule has 1 N–H and O–H groups in total. The molecule has 1 aromatic carbocycles. The molecule has 0 bridgehead atoms. The quantitative estimate of drug-likeness (QED) is 0.626. The molecule has 0 spiro atoms. The second-order valence-electron chi connectivity index (χ2n) is 5.07. The van der Waals surface area contributed by atoms with Crippen LogP contribution in [0.1, 0.15) is 39.1 Å². The number of hydrogen-bond donors (Lipinski definition) is 1. The molecule has 1 fully saturated rings. The van der Waals surface area contributed by atoms with Gasteiger partial charge in [0.2, 0.25) is 11.8 Å². The fourth-order valence-corrected chi connectivity index (χ4v) is 3.19. The van der Waals surface area contributed by atoms with E-state index in [1.165, 1.54) is 6.07 Å². The number of carbonyl (C=O) groups is 4. The highest BCUT2D eigenvalue weighted by Crippen LogP contribution is 2.31. The number of rotatable bonds is 2. The van der Waals surface area contributed by atoms with Gasteiger partial charge in [0.25, 0.3) is 11.8 Å². The first-order valence-corrected chi connectivity index (χ1v) is 7.66. The Bertz CT molecular complexity index is 734. The van der Waals surface area contributed by atoms with Crippen LogP contribution in [-0.2, 0) is 14.9 Å². The minimum absolute atomic E-state index is 0.0451. The number of amides is 4. The van der Waals surface area contributed by atoms with Gasteiger partial charge in [0.05, 0.1) is 11.1 Å². The van der Waals surface area contributed by atoms with Crippen LogP contribution in [0.2, 0.25) is 0 Å². The van der Waals surface area contributed by atoms with Gasteiger partial charge in [0.15, 0.2) is 0 Å². The summed E-state index contributed by atoms with van der Waals surface area (Å²) in [5, 5.41) is 2.31.